The maximum absolute atomic E-state index is 13.0. The van der Waals surface area contributed by atoms with Crippen molar-refractivity contribution < 1.29 is 36.9 Å². The van der Waals surface area contributed by atoms with E-state index in [0.29, 0.717) is 40.2 Å². The summed E-state index contributed by atoms with van der Waals surface area (Å²) in [5, 5.41) is 10.8. The number of halogens is 3. The molecule has 1 N–H and O–H groups in total. The molecule has 0 radical (unpaired) electrons. The molecular formula is C24H21F3N4O5S. The highest BCUT2D eigenvalue weighted by Gasteiger charge is 2.46. The number of carbonyl (C=O) groups excluding carboxylic acids is 1. The molecule has 0 aliphatic carbocycles. The van der Waals surface area contributed by atoms with Crippen molar-refractivity contribution in [1.82, 2.24) is 5.01 Å². The van der Waals surface area contributed by atoms with Gasteiger partial charge >= 0.3 is 6.18 Å². The van der Waals surface area contributed by atoms with Crippen LogP contribution in [0.2, 0.25) is 0 Å². The number of hydrazone groups is 1. The molecule has 0 bridgehead atoms. The van der Waals surface area contributed by atoms with Crippen LogP contribution in [0, 0.1) is 5.41 Å². The molecule has 0 spiro atoms. The molecule has 4 rings (SSSR count). The number of amides is 1. The first-order valence-electron chi connectivity index (χ1n) is 10.9. The SMILES string of the molecule is CCOc1cc(C=C2C(=N)N3N=C(C(F)(F)F)SC3=NC2=O)ccc1OCCOc1cccc(OC)c1. The van der Waals surface area contributed by atoms with Crippen LogP contribution >= 0.6 is 11.8 Å². The average molecular weight is 535 g/mol. The molecule has 2 aliphatic heterocycles. The topological polar surface area (TPSA) is 106 Å². The van der Waals surface area contributed by atoms with Gasteiger partial charge in [0.1, 0.15) is 24.7 Å². The van der Waals surface area contributed by atoms with E-state index < -0.39 is 23.0 Å². The number of nitrogens with zero attached hydrogens (tertiary/aromatic N) is 3. The second kappa shape index (κ2) is 10.9. The fourth-order valence-electron chi connectivity index (χ4n) is 3.28. The van der Waals surface area contributed by atoms with Crippen LogP contribution in [-0.2, 0) is 4.79 Å². The van der Waals surface area contributed by atoms with Gasteiger partial charge in [0.25, 0.3) is 5.91 Å². The predicted molar refractivity (Wildman–Crippen MR) is 133 cm³/mol. The van der Waals surface area contributed by atoms with Crippen molar-refractivity contribution in [3.63, 3.8) is 0 Å². The highest BCUT2D eigenvalue weighted by atomic mass is 32.2. The van der Waals surface area contributed by atoms with Crippen LogP contribution in [0.25, 0.3) is 6.08 Å². The second-order valence-corrected chi connectivity index (χ2v) is 8.39. The smallest absolute Gasteiger partial charge is 0.441 e. The van der Waals surface area contributed by atoms with Crippen molar-refractivity contribution in [3.05, 3.63) is 53.6 Å². The van der Waals surface area contributed by atoms with Gasteiger partial charge in [-0.3, -0.25) is 10.2 Å². The zero-order chi connectivity index (χ0) is 26.6. The number of hydrogen-bond acceptors (Lipinski definition) is 8. The van der Waals surface area contributed by atoms with Gasteiger partial charge < -0.3 is 18.9 Å². The lowest BCUT2D eigenvalue weighted by Gasteiger charge is -2.20. The number of methoxy groups -OCH3 is 1. The van der Waals surface area contributed by atoms with E-state index in [1.807, 2.05) is 6.07 Å². The summed E-state index contributed by atoms with van der Waals surface area (Å²) in [7, 11) is 1.57. The molecule has 194 valence electrons. The number of fused-ring (bicyclic) bond motifs is 1. The first-order valence-corrected chi connectivity index (χ1v) is 11.7. The molecule has 1 amide bonds. The van der Waals surface area contributed by atoms with E-state index >= 15 is 0 Å². The molecule has 2 aromatic rings. The van der Waals surface area contributed by atoms with Crippen molar-refractivity contribution in [3.8, 4) is 23.0 Å². The number of amidine groups is 2. The van der Waals surface area contributed by atoms with Gasteiger partial charge in [0, 0.05) is 6.07 Å². The Balaban J connectivity index is 1.47. The monoisotopic (exact) mass is 534 g/mol. The number of alkyl halides is 3. The minimum absolute atomic E-state index is 0.197. The van der Waals surface area contributed by atoms with Gasteiger partial charge in [-0.15, -0.1) is 0 Å². The summed E-state index contributed by atoms with van der Waals surface area (Å²) < 4.78 is 61.3. The molecule has 0 aromatic heterocycles. The van der Waals surface area contributed by atoms with Gasteiger partial charge in [-0.2, -0.15) is 28.3 Å². The summed E-state index contributed by atoms with van der Waals surface area (Å²) >= 11 is 0.197. The quantitative estimate of drug-likeness (QED) is 0.366. The number of thioether (sulfide) groups is 1. The fraction of sp³-hybridized carbons (Fsp3) is 0.250. The Morgan fingerprint density at radius 2 is 1.81 bits per heavy atom. The molecule has 2 aromatic carbocycles. The van der Waals surface area contributed by atoms with Crippen molar-refractivity contribution in [1.29, 1.82) is 5.41 Å². The molecule has 0 fully saturated rings. The lowest BCUT2D eigenvalue weighted by molar-refractivity contribution is -0.114. The number of benzene rings is 2. The average Bonchev–Trinajstić information content (AvgIpc) is 3.30. The van der Waals surface area contributed by atoms with Crippen molar-refractivity contribution in [2.75, 3.05) is 26.9 Å². The largest absolute Gasteiger partial charge is 0.497 e. The molecule has 2 aliphatic rings. The van der Waals surface area contributed by atoms with E-state index in [1.165, 1.54) is 6.08 Å². The number of carbonyl (C=O) groups is 1. The lowest BCUT2D eigenvalue weighted by atomic mass is 10.1. The van der Waals surface area contributed by atoms with Crippen LogP contribution in [0.15, 0.2) is 58.1 Å². The van der Waals surface area contributed by atoms with Crippen molar-refractivity contribution in [2.45, 2.75) is 13.1 Å². The third kappa shape index (κ3) is 6.05. The molecule has 2 heterocycles. The zero-order valence-corrected chi connectivity index (χ0v) is 20.5. The maximum atomic E-state index is 13.0. The van der Waals surface area contributed by atoms with Gasteiger partial charge in [0.05, 0.1) is 19.3 Å². The summed E-state index contributed by atoms with van der Waals surface area (Å²) in [5.74, 6) is 0.767. The number of aliphatic imine (C=N–C) groups is 1. The van der Waals surface area contributed by atoms with Gasteiger partial charge in [-0.05, 0) is 54.6 Å². The first-order chi connectivity index (χ1) is 17.7. The first kappa shape index (κ1) is 26.1. The van der Waals surface area contributed by atoms with Gasteiger partial charge in [-0.1, -0.05) is 12.1 Å². The highest BCUT2D eigenvalue weighted by molar-refractivity contribution is 8.27. The minimum atomic E-state index is -4.71. The Hall–Kier alpha value is -4.00. The molecule has 0 saturated carbocycles. The summed E-state index contributed by atoms with van der Waals surface area (Å²) in [6, 6.07) is 12.0. The van der Waals surface area contributed by atoms with Crippen LogP contribution < -0.4 is 18.9 Å². The number of hydrogen-bond donors (Lipinski definition) is 1. The molecule has 9 nitrogen and oxygen atoms in total. The normalized spacial score (nSPS) is 16.4. The van der Waals surface area contributed by atoms with Gasteiger partial charge in [0.2, 0.25) is 10.2 Å². The van der Waals surface area contributed by atoms with Gasteiger partial charge in [-0.25, -0.2) is 0 Å². The van der Waals surface area contributed by atoms with E-state index in [2.05, 4.69) is 10.1 Å². The van der Waals surface area contributed by atoms with Crippen LogP contribution in [0.4, 0.5) is 13.2 Å². The van der Waals surface area contributed by atoms with Crippen LogP contribution in [0.3, 0.4) is 0 Å². The molecule has 37 heavy (non-hydrogen) atoms. The predicted octanol–water partition coefficient (Wildman–Crippen LogP) is 4.73. The number of ether oxygens (including phenoxy) is 4. The Morgan fingerprint density at radius 1 is 1.05 bits per heavy atom. The summed E-state index contributed by atoms with van der Waals surface area (Å²) in [6.45, 7) is 2.59. The van der Waals surface area contributed by atoms with E-state index in [0.717, 1.165) is 0 Å². The van der Waals surface area contributed by atoms with Crippen LogP contribution in [0.5, 0.6) is 23.0 Å². The third-order valence-corrected chi connectivity index (χ3v) is 5.88. The Bertz CT molecular complexity index is 1310. The van der Waals surface area contributed by atoms with E-state index in [-0.39, 0.29) is 35.7 Å². The molecular weight excluding hydrogens is 513 g/mol. The standard InChI is InChI=1S/C24H21F3N4O5S/c1-3-34-19-12-14(7-8-18(19)36-10-9-35-16-6-4-5-15(13-16)33-2)11-17-20(28)31-23(29-21(17)32)37-22(30-31)24(25,26)27/h4-8,11-13,28H,3,9-10H2,1-2H3. The van der Waals surface area contributed by atoms with Crippen LogP contribution in [-0.4, -0.2) is 60.1 Å². The minimum Gasteiger partial charge on any atom is -0.497 e. The fourth-order valence-corrected chi connectivity index (χ4v) is 4.04. The summed E-state index contributed by atoms with van der Waals surface area (Å²) in [6.07, 6.45) is -3.37. The molecule has 0 unspecified atom stereocenters. The van der Waals surface area contributed by atoms with E-state index in [1.54, 1.807) is 50.4 Å². The zero-order valence-electron chi connectivity index (χ0n) is 19.7. The maximum Gasteiger partial charge on any atom is 0.441 e. The summed E-state index contributed by atoms with van der Waals surface area (Å²) in [5.41, 5.74) is 0.251. The Kier molecular flexibility index (Phi) is 7.71. The molecule has 0 atom stereocenters. The lowest BCUT2D eigenvalue weighted by Crippen LogP contribution is -2.35. The van der Waals surface area contributed by atoms with Crippen LogP contribution in [0.1, 0.15) is 12.5 Å². The summed E-state index contributed by atoms with van der Waals surface area (Å²) in [4.78, 5) is 16.1. The molecule has 13 heteroatoms. The van der Waals surface area contributed by atoms with Gasteiger partial charge in [0.15, 0.2) is 17.3 Å². The van der Waals surface area contributed by atoms with E-state index in [4.69, 9.17) is 24.4 Å². The second-order valence-electron chi connectivity index (χ2n) is 7.44. The Labute approximate surface area is 214 Å². The van der Waals surface area contributed by atoms with Crippen molar-refractivity contribution in [2.24, 2.45) is 10.1 Å². The Morgan fingerprint density at radius 3 is 2.54 bits per heavy atom. The van der Waals surface area contributed by atoms with Crippen molar-refractivity contribution >= 4 is 39.8 Å². The third-order valence-electron chi connectivity index (χ3n) is 4.93. The highest BCUT2D eigenvalue weighted by Crippen LogP contribution is 2.36. The number of rotatable bonds is 9. The van der Waals surface area contributed by atoms with E-state index in [9.17, 15) is 18.0 Å². The number of nitrogens with one attached hydrogen (secondary N) is 1. The molecule has 0 saturated heterocycles.